The van der Waals surface area contributed by atoms with E-state index in [4.69, 9.17) is 9.47 Å². The smallest absolute Gasteiger partial charge is 0.303 e. The van der Waals surface area contributed by atoms with E-state index in [1.54, 1.807) is 12.1 Å². The Hall–Kier alpha value is -3.48. The molecule has 2 saturated carbocycles. The number of halogens is 3. The van der Waals surface area contributed by atoms with Gasteiger partial charge in [-0.3, -0.25) is 4.79 Å². The van der Waals surface area contributed by atoms with Crippen LogP contribution in [0.15, 0.2) is 48.5 Å². The molecule has 0 radical (unpaired) electrons. The monoisotopic (exact) mass is 552 g/mol. The van der Waals surface area contributed by atoms with Gasteiger partial charge in [-0.25, -0.2) is 13.2 Å². The Morgan fingerprint density at radius 1 is 1.05 bits per heavy atom. The zero-order valence-electron chi connectivity index (χ0n) is 23.1. The highest BCUT2D eigenvalue weighted by atomic mass is 19.1. The van der Waals surface area contributed by atoms with Gasteiger partial charge in [0.25, 0.3) is 0 Å². The minimum absolute atomic E-state index is 0.000361. The van der Waals surface area contributed by atoms with Gasteiger partial charge in [-0.1, -0.05) is 38.5 Å². The van der Waals surface area contributed by atoms with E-state index >= 15 is 13.2 Å². The van der Waals surface area contributed by atoms with Gasteiger partial charge < -0.3 is 14.6 Å². The number of hydrogen-bond donors (Lipinski definition) is 1. The SMILES string of the molecule is COc1ccc(F)c(-c2c(F)cc(COc3cccc([C@H](CC(=O)O)C4CC4)c3F)cc2[C@@H]2CCCC2(C)C)c1. The van der Waals surface area contributed by atoms with Crippen molar-refractivity contribution in [1.29, 1.82) is 0 Å². The van der Waals surface area contributed by atoms with Crippen LogP contribution in [-0.4, -0.2) is 18.2 Å². The van der Waals surface area contributed by atoms with Gasteiger partial charge in [-0.2, -0.15) is 0 Å². The van der Waals surface area contributed by atoms with Crippen LogP contribution in [-0.2, 0) is 11.4 Å². The summed E-state index contributed by atoms with van der Waals surface area (Å²) in [6.45, 7) is 4.20. The second kappa shape index (κ2) is 11.2. The number of carboxylic acid groups (broad SMARTS) is 1. The molecule has 2 fully saturated rings. The molecular formula is C33H35F3O4. The zero-order valence-corrected chi connectivity index (χ0v) is 23.1. The van der Waals surface area contributed by atoms with E-state index in [1.807, 2.05) is 6.07 Å². The van der Waals surface area contributed by atoms with Crippen LogP contribution in [0.25, 0.3) is 11.1 Å². The summed E-state index contributed by atoms with van der Waals surface area (Å²) < 4.78 is 57.7. The van der Waals surface area contributed by atoms with Crippen LogP contribution < -0.4 is 9.47 Å². The van der Waals surface area contributed by atoms with Gasteiger partial charge in [0.15, 0.2) is 11.6 Å². The predicted octanol–water partition coefficient (Wildman–Crippen LogP) is 8.62. The van der Waals surface area contributed by atoms with Gasteiger partial charge in [-0.15, -0.1) is 0 Å². The molecule has 5 rings (SSSR count). The van der Waals surface area contributed by atoms with E-state index in [-0.39, 0.29) is 47.2 Å². The Kier molecular flexibility index (Phi) is 7.85. The molecule has 3 aromatic rings. The lowest BCUT2D eigenvalue weighted by Gasteiger charge is -2.30. The highest BCUT2D eigenvalue weighted by Crippen LogP contribution is 2.52. The standard InChI is InChI=1S/C33H35F3O4/c1-33(2)13-5-7-26(33)24-14-19(15-28(35)31(24)25-16-21(39-3)11-12-27(25)34)18-40-29-8-4-6-22(32(29)36)23(17-30(37)38)20-9-10-20/h4,6,8,11-12,14-16,20,23,26H,5,7,9-10,13,17-18H2,1-3H3,(H,37,38)/t23-,26+/m1/s1. The summed E-state index contributed by atoms with van der Waals surface area (Å²) in [6, 6.07) is 12.3. The maximum Gasteiger partial charge on any atom is 0.303 e. The molecule has 0 amide bonds. The van der Waals surface area contributed by atoms with Crippen molar-refractivity contribution in [1.82, 2.24) is 0 Å². The van der Waals surface area contributed by atoms with E-state index in [0.29, 0.717) is 22.4 Å². The largest absolute Gasteiger partial charge is 0.497 e. The van der Waals surface area contributed by atoms with Gasteiger partial charge in [0.1, 0.15) is 24.0 Å². The third kappa shape index (κ3) is 5.70. The number of carboxylic acids is 1. The predicted molar refractivity (Wildman–Crippen MR) is 147 cm³/mol. The number of ether oxygens (including phenoxy) is 2. The molecule has 2 aliphatic rings. The Morgan fingerprint density at radius 2 is 1.82 bits per heavy atom. The highest BCUT2D eigenvalue weighted by molar-refractivity contribution is 5.72. The third-order valence-corrected chi connectivity index (χ3v) is 8.63. The van der Waals surface area contributed by atoms with Crippen molar-refractivity contribution in [3.63, 3.8) is 0 Å². The second-order valence-electron chi connectivity index (χ2n) is 11.8. The van der Waals surface area contributed by atoms with Crippen LogP contribution in [0.4, 0.5) is 13.2 Å². The molecule has 7 heteroatoms. The fraction of sp³-hybridized carbons (Fsp3) is 0.424. The van der Waals surface area contributed by atoms with Crippen LogP contribution in [0.5, 0.6) is 11.5 Å². The van der Waals surface area contributed by atoms with Crippen LogP contribution in [0.3, 0.4) is 0 Å². The first-order chi connectivity index (χ1) is 19.1. The summed E-state index contributed by atoms with van der Waals surface area (Å²) in [5.74, 6) is -2.48. The van der Waals surface area contributed by atoms with Gasteiger partial charge in [0, 0.05) is 17.0 Å². The van der Waals surface area contributed by atoms with E-state index in [2.05, 4.69) is 13.8 Å². The van der Waals surface area contributed by atoms with Crippen molar-refractivity contribution in [3.8, 4) is 22.6 Å². The molecule has 0 heterocycles. The fourth-order valence-corrected chi connectivity index (χ4v) is 6.36. The quantitative estimate of drug-likeness (QED) is 0.274. The number of benzene rings is 3. The van der Waals surface area contributed by atoms with Crippen LogP contribution in [0, 0.1) is 28.8 Å². The van der Waals surface area contributed by atoms with Crippen molar-refractivity contribution < 1.29 is 32.5 Å². The maximum atomic E-state index is 15.9. The first-order valence-electron chi connectivity index (χ1n) is 13.9. The van der Waals surface area contributed by atoms with Gasteiger partial charge >= 0.3 is 5.97 Å². The first kappa shape index (κ1) is 28.1. The molecular weight excluding hydrogens is 517 g/mol. The molecule has 0 aromatic heterocycles. The molecule has 40 heavy (non-hydrogen) atoms. The van der Waals surface area contributed by atoms with Gasteiger partial charge in [-0.05, 0) is 90.0 Å². The van der Waals surface area contributed by atoms with Gasteiger partial charge in [0.05, 0.1) is 13.5 Å². The number of hydrogen-bond acceptors (Lipinski definition) is 3. The Labute approximate surface area is 233 Å². The summed E-state index contributed by atoms with van der Waals surface area (Å²) in [4.78, 5) is 11.4. The number of carbonyl (C=O) groups is 1. The molecule has 212 valence electrons. The zero-order chi connectivity index (χ0) is 28.6. The summed E-state index contributed by atoms with van der Waals surface area (Å²) in [5, 5.41) is 9.34. The molecule has 3 aromatic carbocycles. The van der Waals surface area contributed by atoms with E-state index < -0.39 is 29.3 Å². The molecule has 0 aliphatic heterocycles. The summed E-state index contributed by atoms with van der Waals surface area (Å²) in [5.41, 5.74) is 1.80. The third-order valence-electron chi connectivity index (χ3n) is 8.63. The van der Waals surface area contributed by atoms with Crippen molar-refractivity contribution in [2.24, 2.45) is 11.3 Å². The van der Waals surface area contributed by atoms with Crippen molar-refractivity contribution in [3.05, 3.63) is 82.7 Å². The second-order valence-corrected chi connectivity index (χ2v) is 11.8. The van der Waals surface area contributed by atoms with E-state index in [1.165, 1.54) is 37.4 Å². The lowest BCUT2D eigenvalue weighted by atomic mass is 9.75. The average Bonchev–Trinajstić information content (AvgIpc) is 3.69. The van der Waals surface area contributed by atoms with Crippen LogP contribution in [0.1, 0.15) is 80.9 Å². The van der Waals surface area contributed by atoms with Gasteiger partial charge in [0.2, 0.25) is 0 Å². The lowest BCUT2D eigenvalue weighted by molar-refractivity contribution is -0.137. The minimum atomic E-state index is -0.965. The van der Waals surface area contributed by atoms with Crippen molar-refractivity contribution in [2.45, 2.75) is 70.8 Å². The fourth-order valence-electron chi connectivity index (χ4n) is 6.36. The molecule has 0 saturated heterocycles. The molecule has 0 unspecified atom stereocenters. The minimum Gasteiger partial charge on any atom is -0.497 e. The lowest BCUT2D eigenvalue weighted by Crippen LogP contribution is -2.17. The normalized spacial score (nSPS) is 18.9. The first-order valence-corrected chi connectivity index (χ1v) is 13.9. The van der Waals surface area contributed by atoms with Crippen LogP contribution in [0.2, 0.25) is 0 Å². The average molecular weight is 553 g/mol. The molecule has 2 atom stereocenters. The van der Waals surface area contributed by atoms with Crippen molar-refractivity contribution in [2.75, 3.05) is 7.11 Å². The van der Waals surface area contributed by atoms with E-state index in [0.717, 1.165) is 32.1 Å². The Balaban J connectivity index is 1.50. The number of rotatable bonds is 10. The molecule has 0 bridgehead atoms. The van der Waals surface area contributed by atoms with E-state index in [9.17, 15) is 9.90 Å². The molecule has 1 N–H and O–H groups in total. The summed E-state index contributed by atoms with van der Waals surface area (Å²) in [7, 11) is 1.48. The Bertz CT molecular complexity index is 1410. The molecule has 2 aliphatic carbocycles. The molecule has 0 spiro atoms. The maximum absolute atomic E-state index is 15.9. The highest BCUT2D eigenvalue weighted by Gasteiger charge is 2.38. The Morgan fingerprint density at radius 3 is 2.48 bits per heavy atom. The summed E-state index contributed by atoms with van der Waals surface area (Å²) in [6.07, 6.45) is 4.41. The molecule has 4 nitrogen and oxygen atoms in total. The number of methoxy groups -OCH3 is 1. The topological polar surface area (TPSA) is 55.8 Å². The van der Waals surface area contributed by atoms with Crippen LogP contribution >= 0.6 is 0 Å². The van der Waals surface area contributed by atoms with Crippen molar-refractivity contribution >= 4 is 5.97 Å². The summed E-state index contributed by atoms with van der Waals surface area (Å²) >= 11 is 0. The number of aliphatic carboxylic acids is 1.